The zero-order chi connectivity index (χ0) is 21.8. The van der Waals surface area contributed by atoms with E-state index in [2.05, 4.69) is 34.6 Å². The number of hydrogen-bond donors (Lipinski definition) is 3. The van der Waals surface area contributed by atoms with Crippen LogP contribution in [0.2, 0.25) is 0 Å². The highest BCUT2D eigenvalue weighted by Gasteiger charge is 2.29. The molecule has 158 valence electrons. The zero-order valence-electron chi connectivity index (χ0n) is 17.3. The maximum absolute atomic E-state index is 14.5. The highest BCUT2D eigenvalue weighted by Crippen LogP contribution is 2.35. The fourth-order valence-corrected chi connectivity index (χ4v) is 3.78. The van der Waals surface area contributed by atoms with Gasteiger partial charge < -0.3 is 15.6 Å². The Balaban J connectivity index is 1.84. The maximum Gasteiger partial charge on any atom is 0.279 e. The highest BCUT2D eigenvalue weighted by molar-refractivity contribution is 6.05. The van der Waals surface area contributed by atoms with Crippen molar-refractivity contribution in [3.05, 3.63) is 34.9 Å². The molecular weight excluding hydrogens is 389 g/mol. The molecule has 0 fully saturated rings. The number of imidazole rings is 1. The molecule has 3 heterocycles. The molecule has 3 aromatic rings. The van der Waals surface area contributed by atoms with E-state index in [4.69, 9.17) is 5.73 Å². The summed E-state index contributed by atoms with van der Waals surface area (Å²) >= 11 is 0. The van der Waals surface area contributed by atoms with Gasteiger partial charge in [-0.1, -0.05) is 13.8 Å². The number of amides is 2. The molecule has 2 aromatic heterocycles. The molecule has 10 heteroatoms. The van der Waals surface area contributed by atoms with Crippen LogP contribution >= 0.6 is 0 Å². The molecule has 0 saturated carbocycles. The number of carbonyl (C=O) groups is 2. The number of carbonyl (C=O) groups excluding carboxylic acids is 2. The molecule has 1 aromatic carbocycles. The summed E-state index contributed by atoms with van der Waals surface area (Å²) in [6.45, 7) is 9.02. The van der Waals surface area contributed by atoms with Gasteiger partial charge in [0, 0.05) is 30.6 Å². The van der Waals surface area contributed by atoms with Crippen LogP contribution in [-0.4, -0.2) is 37.7 Å². The predicted octanol–water partition coefficient (Wildman–Crippen LogP) is 2.50. The van der Waals surface area contributed by atoms with Crippen LogP contribution in [0.3, 0.4) is 0 Å². The molecule has 9 nitrogen and oxygen atoms in total. The van der Waals surface area contributed by atoms with Crippen LogP contribution in [-0.2, 0) is 13.1 Å². The third kappa shape index (κ3) is 3.17. The Labute approximate surface area is 172 Å². The SMILES string of the molecule is CCn1nc(C)c(F)c1C(=O)Nc1nc2cc(C(N)=O)cc3c2n1CC(C)(C)CN3. The van der Waals surface area contributed by atoms with E-state index in [0.29, 0.717) is 36.4 Å². The quantitative estimate of drug-likeness (QED) is 0.607. The van der Waals surface area contributed by atoms with E-state index in [1.807, 2.05) is 4.57 Å². The predicted molar refractivity (Wildman–Crippen MR) is 111 cm³/mol. The van der Waals surface area contributed by atoms with Gasteiger partial charge in [-0.25, -0.2) is 9.37 Å². The van der Waals surface area contributed by atoms with Gasteiger partial charge in [0.2, 0.25) is 11.9 Å². The Morgan fingerprint density at radius 1 is 1.37 bits per heavy atom. The van der Waals surface area contributed by atoms with E-state index in [0.717, 1.165) is 5.52 Å². The summed E-state index contributed by atoms with van der Waals surface area (Å²) in [4.78, 5) is 29.2. The third-order valence-electron chi connectivity index (χ3n) is 5.26. The van der Waals surface area contributed by atoms with Gasteiger partial charge in [0.1, 0.15) is 0 Å². The van der Waals surface area contributed by atoms with Crippen molar-refractivity contribution in [3.63, 3.8) is 0 Å². The van der Waals surface area contributed by atoms with Crippen LogP contribution in [0.5, 0.6) is 0 Å². The molecule has 0 saturated heterocycles. The number of nitrogens with one attached hydrogen (secondary N) is 2. The first-order chi connectivity index (χ1) is 14.1. The monoisotopic (exact) mass is 413 g/mol. The van der Waals surface area contributed by atoms with E-state index >= 15 is 0 Å². The summed E-state index contributed by atoms with van der Waals surface area (Å²) in [6, 6.07) is 3.28. The van der Waals surface area contributed by atoms with Crippen molar-refractivity contribution < 1.29 is 14.0 Å². The summed E-state index contributed by atoms with van der Waals surface area (Å²) in [6.07, 6.45) is 0. The minimum absolute atomic E-state index is 0.140. The number of benzene rings is 1. The number of nitrogens with two attached hydrogens (primary N) is 1. The van der Waals surface area contributed by atoms with Crippen molar-refractivity contribution in [3.8, 4) is 0 Å². The minimum Gasteiger partial charge on any atom is -0.383 e. The van der Waals surface area contributed by atoms with Crippen molar-refractivity contribution in [1.82, 2.24) is 19.3 Å². The van der Waals surface area contributed by atoms with E-state index < -0.39 is 17.6 Å². The van der Waals surface area contributed by atoms with Gasteiger partial charge in [-0.2, -0.15) is 5.10 Å². The standard InChI is InChI=1S/C20H24FN7O2/c1-5-28-16(14(21)10(2)26-28)18(30)25-19-24-13-7-11(17(22)29)6-12-15(13)27(19)9-20(3,4)8-23-12/h6-7,23H,5,8-9H2,1-4H3,(H2,22,29)(H,24,25,30). The number of hydrogen-bond acceptors (Lipinski definition) is 5. The molecule has 0 spiro atoms. The van der Waals surface area contributed by atoms with Crippen molar-refractivity contribution in [1.29, 1.82) is 0 Å². The molecule has 0 bridgehead atoms. The fraction of sp³-hybridized carbons (Fsp3) is 0.400. The van der Waals surface area contributed by atoms with E-state index in [9.17, 15) is 14.0 Å². The molecule has 1 aliphatic rings. The van der Waals surface area contributed by atoms with Crippen LogP contribution in [0.15, 0.2) is 12.1 Å². The number of aryl methyl sites for hydroxylation is 2. The zero-order valence-corrected chi connectivity index (χ0v) is 17.3. The second kappa shape index (κ2) is 6.82. The van der Waals surface area contributed by atoms with Crippen LogP contribution in [0.1, 0.15) is 47.3 Å². The Bertz CT molecular complexity index is 1190. The first-order valence-corrected chi connectivity index (χ1v) is 9.73. The summed E-state index contributed by atoms with van der Waals surface area (Å²) in [5, 5.41) is 10.2. The molecular formula is C20H24FN7O2. The normalized spacial score (nSPS) is 15.0. The van der Waals surface area contributed by atoms with Gasteiger partial charge in [-0.05, 0) is 26.0 Å². The number of anilines is 2. The molecule has 0 radical (unpaired) electrons. The van der Waals surface area contributed by atoms with Gasteiger partial charge in [0.05, 0.1) is 22.4 Å². The topological polar surface area (TPSA) is 120 Å². The molecule has 4 N–H and O–H groups in total. The van der Waals surface area contributed by atoms with Crippen LogP contribution in [0, 0.1) is 18.2 Å². The van der Waals surface area contributed by atoms with Crippen LogP contribution in [0.25, 0.3) is 11.0 Å². The second-order valence-corrected chi connectivity index (χ2v) is 8.31. The number of primary amides is 1. The summed E-state index contributed by atoms with van der Waals surface area (Å²) in [5.41, 5.74) is 7.61. The summed E-state index contributed by atoms with van der Waals surface area (Å²) in [5.74, 6) is -1.58. The first kappa shape index (κ1) is 19.9. The van der Waals surface area contributed by atoms with Crippen molar-refractivity contribution in [2.45, 2.75) is 40.8 Å². The van der Waals surface area contributed by atoms with Gasteiger partial charge in [-0.15, -0.1) is 0 Å². The largest absolute Gasteiger partial charge is 0.383 e. The Morgan fingerprint density at radius 3 is 2.77 bits per heavy atom. The average Bonchev–Trinajstić information content (AvgIpc) is 3.10. The number of aromatic nitrogens is 4. The van der Waals surface area contributed by atoms with Crippen molar-refractivity contribution >= 4 is 34.5 Å². The van der Waals surface area contributed by atoms with Crippen LogP contribution < -0.4 is 16.4 Å². The lowest BCUT2D eigenvalue weighted by Crippen LogP contribution is -2.27. The van der Waals surface area contributed by atoms with Gasteiger partial charge in [0.25, 0.3) is 5.91 Å². The molecule has 0 unspecified atom stereocenters. The first-order valence-electron chi connectivity index (χ1n) is 9.73. The molecule has 2 amide bonds. The molecule has 1 aliphatic heterocycles. The van der Waals surface area contributed by atoms with Gasteiger partial charge in [-0.3, -0.25) is 19.6 Å². The van der Waals surface area contributed by atoms with Crippen LogP contribution in [0.4, 0.5) is 16.0 Å². The third-order valence-corrected chi connectivity index (χ3v) is 5.26. The van der Waals surface area contributed by atoms with E-state index in [-0.39, 0.29) is 22.8 Å². The summed E-state index contributed by atoms with van der Waals surface area (Å²) < 4.78 is 17.7. The molecule has 0 atom stereocenters. The van der Waals surface area contributed by atoms with E-state index in [1.54, 1.807) is 19.1 Å². The second-order valence-electron chi connectivity index (χ2n) is 8.31. The maximum atomic E-state index is 14.5. The Morgan fingerprint density at radius 2 is 2.10 bits per heavy atom. The highest BCUT2D eigenvalue weighted by atomic mass is 19.1. The average molecular weight is 413 g/mol. The lowest BCUT2D eigenvalue weighted by atomic mass is 9.94. The minimum atomic E-state index is -0.653. The molecule has 4 rings (SSSR count). The molecule has 0 aliphatic carbocycles. The molecule has 30 heavy (non-hydrogen) atoms. The Kier molecular flexibility index (Phi) is 4.52. The Hall–Kier alpha value is -3.43. The van der Waals surface area contributed by atoms with Gasteiger partial charge >= 0.3 is 0 Å². The lowest BCUT2D eigenvalue weighted by molar-refractivity contribution is 0.0994. The van der Waals surface area contributed by atoms with Crippen molar-refractivity contribution in [2.24, 2.45) is 11.1 Å². The van der Waals surface area contributed by atoms with E-state index in [1.165, 1.54) is 11.6 Å². The number of rotatable bonds is 4. The smallest absolute Gasteiger partial charge is 0.279 e. The van der Waals surface area contributed by atoms with Gasteiger partial charge in [0.15, 0.2) is 11.5 Å². The van der Waals surface area contributed by atoms with Crippen molar-refractivity contribution in [2.75, 3.05) is 17.2 Å². The lowest BCUT2D eigenvalue weighted by Gasteiger charge is -2.24. The number of nitrogens with zero attached hydrogens (tertiary/aromatic N) is 4. The number of halogens is 1. The summed E-state index contributed by atoms with van der Waals surface area (Å²) in [7, 11) is 0. The fourth-order valence-electron chi connectivity index (χ4n) is 3.78.